The third kappa shape index (κ3) is 2.28. The van der Waals surface area contributed by atoms with E-state index in [9.17, 15) is 0 Å². The number of hydrogen-bond donors (Lipinski definition) is 1. The number of hydrogen-bond acceptors (Lipinski definition) is 2. The highest BCUT2D eigenvalue weighted by atomic mass is 79.9. The molecule has 0 aliphatic carbocycles. The van der Waals surface area contributed by atoms with Gasteiger partial charge >= 0.3 is 0 Å². The van der Waals surface area contributed by atoms with Crippen molar-refractivity contribution in [2.24, 2.45) is 0 Å². The maximum Gasteiger partial charge on any atom is 0.0721 e. The third-order valence-electron chi connectivity index (χ3n) is 2.37. The molecule has 0 spiro atoms. The van der Waals surface area contributed by atoms with Gasteiger partial charge in [-0.15, -0.1) is 12.4 Å². The van der Waals surface area contributed by atoms with E-state index in [2.05, 4.69) is 39.4 Å². The van der Waals surface area contributed by atoms with Crippen molar-refractivity contribution in [3.63, 3.8) is 0 Å². The normalized spacial score (nSPS) is 19.7. The molecule has 0 amide bonds. The Bertz CT molecular complexity index is 319. The molecular formula is C10H13BrClNO. The summed E-state index contributed by atoms with van der Waals surface area (Å²) >= 11 is 3.46. The van der Waals surface area contributed by atoms with Crippen molar-refractivity contribution >= 4 is 28.3 Å². The third-order valence-corrected chi connectivity index (χ3v) is 2.86. The maximum atomic E-state index is 5.47. The second kappa shape index (κ2) is 5.12. The highest BCUT2D eigenvalue weighted by molar-refractivity contribution is 9.10. The molecule has 1 heterocycles. The van der Waals surface area contributed by atoms with Gasteiger partial charge in [0.2, 0.25) is 0 Å². The molecule has 0 unspecified atom stereocenters. The average molecular weight is 279 g/mol. The van der Waals surface area contributed by atoms with Crippen LogP contribution in [-0.4, -0.2) is 13.7 Å². The van der Waals surface area contributed by atoms with Gasteiger partial charge in [-0.3, -0.25) is 0 Å². The van der Waals surface area contributed by atoms with Crippen LogP contribution >= 0.6 is 28.3 Å². The van der Waals surface area contributed by atoms with E-state index in [1.807, 2.05) is 7.05 Å². The Balaban J connectivity index is 0.000000980. The van der Waals surface area contributed by atoms with E-state index >= 15 is 0 Å². The Kier molecular flexibility index (Phi) is 4.38. The van der Waals surface area contributed by atoms with E-state index in [1.54, 1.807) is 0 Å². The second-order valence-corrected chi connectivity index (χ2v) is 4.12. The topological polar surface area (TPSA) is 21.3 Å². The molecule has 0 bridgehead atoms. The second-order valence-electron chi connectivity index (χ2n) is 3.20. The number of fused-ring (bicyclic) bond motifs is 1. The Hall–Kier alpha value is -0.0900. The summed E-state index contributed by atoms with van der Waals surface area (Å²) in [7, 11) is 1.96. The van der Waals surface area contributed by atoms with Gasteiger partial charge in [0.25, 0.3) is 0 Å². The van der Waals surface area contributed by atoms with Crippen molar-refractivity contribution in [3.8, 4) is 0 Å². The number of rotatable bonds is 1. The van der Waals surface area contributed by atoms with Crippen molar-refractivity contribution in [3.05, 3.63) is 33.8 Å². The number of halogens is 2. The molecule has 1 atom stereocenters. The lowest BCUT2D eigenvalue weighted by molar-refractivity contribution is 0.0844. The van der Waals surface area contributed by atoms with Crippen LogP contribution in [-0.2, 0) is 11.3 Å². The van der Waals surface area contributed by atoms with Crippen molar-refractivity contribution in [1.82, 2.24) is 5.32 Å². The van der Waals surface area contributed by atoms with Crippen LogP contribution in [0.15, 0.2) is 22.7 Å². The average Bonchev–Trinajstić information content (AvgIpc) is 2.16. The minimum atomic E-state index is 0. The fourth-order valence-electron chi connectivity index (χ4n) is 1.65. The molecule has 1 aromatic rings. The van der Waals surface area contributed by atoms with E-state index in [0.717, 1.165) is 17.7 Å². The van der Waals surface area contributed by atoms with Crippen LogP contribution in [0, 0.1) is 0 Å². The lowest BCUT2D eigenvalue weighted by Gasteiger charge is -2.25. The van der Waals surface area contributed by atoms with Crippen LogP contribution < -0.4 is 5.32 Å². The van der Waals surface area contributed by atoms with E-state index in [1.165, 1.54) is 11.1 Å². The quantitative estimate of drug-likeness (QED) is 0.853. The largest absolute Gasteiger partial charge is 0.375 e. The molecule has 0 radical (unpaired) electrons. The first-order chi connectivity index (χ1) is 6.31. The predicted molar refractivity (Wildman–Crippen MR) is 62.8 cm³/mol. The summed E-state index contributed by atoms with van der Waals surface area (Å²) < 4.78 is 6.59. The molecule has 0 saturated heterocycles. The van der Waals surface area contributed by atoms with E-state index in [-0.39, 0.29) is 12.4 Å². The van der Waals surface area contributed by atoms with Gasteiger partial charge in [-0.05, 0) is 30.3 Å². The van der Waals surface area contributed by atoms with Crippen LogP contribution in [0.4, 0.5) is 0 Å². The summed E-state index contributed by atoms with van der Waals surface area (Å²) in [5.41, 5.74) is 2.64. The van der Waals surface area contributed by atoms with E-state index in [4.69, 9.17) is 4.74 Å². The minimum absolute atomic E-state index is 0. The van der Waals surface area contributed by atoms with Gasteiger partial charge in [-0.1, -0.05) is 22.0 Å². The zero-order valence-corrected chi connectivity index (χ0v) is 10.3. The zero-order chi connectivity index (χ0) is 9.26. The molecule has 0 saturated carbocycles. The molecule has 2 rings (SSSR count). The predicted octanol–water partition coefficient (Wildman–Crippen LogP) is 2.66. The van der Waals surface area contributed by atoms with Crippen LogP contribution in [0.3, 0.4) is 0 Å². The van der Waals surface area contributed by atoms with Gasteiger partial charge in [0, 0.05) is 4.47 Å². The van der Waals surface area contributed by atoms with Gasteiger partial charge in [-0.2, -0.15) is 0 Å². The molecule has 1 aliphatic heterocycles. The summed E-state index contributed by atoms with van der Waals surface area (Å²) in [5.74, 6) is 0. The number of nitrogens with one attached hydrogen (secondary N) is 1. The Morgan fingerprint density at radius 3 is 3.00 bits per heavy atom. The first-order valence-corrected chi connectivity index (χ1v) is 5.14. The van der Waals surface area contributed by atoms with Crippen molar-refractivity contribution < 1.29 is 4.74 Å². The molecule has 1 N–H and O–H groups in total. The number of ether oxygens (including phenoxy) is 1. The van der Waals surface area contributed by atoms with Crippen LogP contribution in [0.25, 0.3) is 0 Å². The molecule has 2 nitrogen and oxygen atoms in total. The van der Waals surface area contributed by atoms with Gasteiger partial charge in [0.15, 0.2) is 0 Å². The monoisotopic (exact) mass is 277 g/mol. The lowest BCUT2D eigenvalue weighted by Crippen LogP contribution is -2.26. The summed E-state index contributed by atoms with van der Waals surface area (Å²) in [5, 5.41) is 3.24. The summed E-state index contributed by atoms with van der Waals surface area (Å²) in [6.45, 7) is 1.50. The van der Waals surface area contributed by atoms with Crippen LogP contribution in [0.5, 0.6) is 0 Å². The Labute approximate surface area is 98.6 Å². The fraction of sp³-hybridized carbons (Fsp3) is 0.400. The highest BCUT2D eigenvalue weighted by Crippen LogP contribution is 2.26. The van der Waals surface area contributed by atoms with Crippen molar-refractivity contribution in [1.29, 1.82) is 0 Å². The molecule has 1 aliphatic rings. The van der Waals surface area contributed by atoms with Gasteiger partial charge in [-0.25, -0.2) is 0 Å². The molecule has 1 aromatic carbocycles. The number of benzene rings is 1. The van der Waals surface area contributed by atoms with Gasteiger partial charge in [0.1, 0.15) is 0 Å². The molecule has 78 valence electrons. The summed E-state index contributed by atoms with van der Waals surface area (Å²) in [4.78, 5) is 0. The van der Waals surface area contributed by atoms with Gasteiger partial charge < -0.3 is 10.1 Å². The summed E-state index contributed by atoms with van der Waals surface area (Å²) in [6.07, 6.45) is 0. The molecule has 14 heavy (non-hydrogen) atoms. The molecule has 4 heteroatoms. The number of likely N-dealkylation sites (N-methyl/N-ethyl adjacent to an activating group) is 1. The van der Waals surface area contributed by atoms with Crippen LogP contribution in [0.1, 0.15) is 17.2 Å². The van der Waals surface area contributed by atoms with Crippen molar-refractivity contribution in [2.45, 2.75) is 12.6 Å². The first kappa shape index (κ1) is 12.0. The Morgan fingerprint density at radius 1 is 1.50 bits per heavy atom. The standard InChI is InChI=1S/C10H12BrNO.ClH/c1-12-10-6-13-5-7-4-8(11)2-3-9(7)10;/h2-4,10,12H,5-6H2,1H3;1H/t10-;/m1./s1. The maximum absolute atomic E-state index is 5.47. The SMILES string of the molecule is CN[C@@H]1COCc2cc(Br)ccc21.Cl. The first-order valence-electron chi connectivity index (χ1n) is 4.34. The fourth-order valence-corrected chi connectivity index (χ4v) is 2.06. The zero-order valence-electron chi connectivity index (χ0n) is 7.92. The van der Waals surface area contributed by atoms with E-state index < -0.39 is 0 Å². The summed E-state index contributed by atoms with van der Waals surface area (Å²) in [6, 6.07) is 6.70. The molecule has 0 aromatic heterocycles. The Morgan fingerprint density at radius 2 is 2.29 bits per heavy atom. The highest BCUT2D eigenvalue weighted by Gasteiger charge is 2.18. The smallest absolute Gasteiger partial charge is 0.0721 e. The lowest BCUT2D eigenvalue weighted by atomic mass is 9.99. The molecular weight excluding hydrogens is 265 g/mol. The molecule has 0 fully saturated rings. The van der Waals surface area contributed by atoms with Crippen LogP contribution in [0.2, 0.25) is 0 Å². The minimum Gasteiger partial charge on any atom is -0.375 e. The van der Waals surface area contributed by atoms with E-state index in [0.29, 0.717) is 6.04 Å². The van der Waals surface area contributed by atoms with Crippen molar-refractivity contribution in [2.75, 3.05) is 13.7 Å². The van der Waals surface area contributed by atoms with Gasteiger partial charge in [0.05, 0.1) is 19.3 Å².